The number of methoxy groups -OCH3 is 1. The average Bonchev–Trinajstić information content (AvgIpc) is 2.79. The van der Waals surface area contributed by atoms with Gasteiger partial charge in [-0.25, -0.2) is 0 Å². The molecule has 4 nitrogen and oxygen atoms in total. The highest BCUT2D eigenvalue weighted by Gasteiger charge is 2.20. The molecule has 0 aliphatic carbocycles. The fourth-order valence-corrected chi connectivity index (χ4v) is 4.03. The van der Waals surface area contributed by atoms with Gasteiger partial charge in [0.25, 0.3) is 0 Å². The standard InChI is InChI=1S/C27H33NO3/c1-7-20-12-10-13-21(8-2)25(20)26-18(4)27(29-6)24(19(5)28-26)17-31-23-15-11-14-22(16-23)30-9-3/h10-16H,7-9,17H2,1-6H3. The predicted octanol–water partition coefficient (Wildman–Crippen LogP) is 6.48. The Morgan fingerprint density at radius 3 is 2.03 bits per heavy atom. The lowest BCUT2D eigenvalue weighted by Crippen LogP contribution is -2.08. The van der Waals surface area contributed by atoms with E-state index in [1.807, 2.05) is 38.1 Å². The Balaban J connectivity index is 2.01. The molecule has 3 rings (SSSR count). The summed E-state index contributed by atoms with van der Waals surface area (Å²) in [5, 5.41) is 0. The molecule has 0 spiro atoms. The molecule has 31 heavy (non-hydrogen) atoms. The third-order valence-corrected chi connectivity index (χ3v) is 5.63. The average molecular weight is 420 g/mol. The molecular formula is C27H33NO3. The van der Waals surface area contributed by atoms with E-state index < -0.39 is 0 Å². The first-order valence-electron chi connectivity index (χ1n) is 11.0. The molecule has 0 saturated carbocycles. The van der Waals surface area contributed by atoms with Crippen molar-refractivity contribution >= 4 is 0 Å². The molecule has 0 bridgehead atoms. The monoisotopic (exact) mass is 419 g/mol. The lowest BCUT2D eigenvalue weighted by molar-refractivity contribution is 0.290. The van der Waals surface area contributed by atoms with Gasteiger partial charge in [0, 0.05) is 22.9 Å². The zero-order valence-electron chi connectivity index (χ0n) is 19.5. The summed E-state index contributed by atoms with van der Waals surface area (Å²) in [6.45, 7) is 11.5. The van der Waals surface area contributed by atoms with Crippen LogP contribution in [0.25, 0.3) is 11.3 Å². The second-order valence-corrected chi connectivity index (χ2v) is 7.54. The minimum Gasteiger partial charge on any atom is -0.496 e. The Labute approximate surface area is 186 Å². The second kappa shape index (κ2) is 10.3. The van der Waals surface area contributed by atoms with Gasteiger partial charge in [0.1, 0.15) is 23.9 Å². The van der Waals surface area contributed by atoms with E-state index in [4.69, 9.17) is 19.2 Å². The quantitative estimate of drug-likeness (QED) is 0.398. The van der Waals surface area contributed by atoms with E-state index in [0.29, 0.717) is 13.2 Å². The maximum absolute atomic E-state index is 6.09. The van der Waals surface area contributed by atoms with Gasteiger partial charge in [0.15, 0.2) is 0 Å². The summed E-state index contributed by atoms with van der Waals surface area (Å²) in [6, 6.07) is 14.2. The molecule has 2 aromatic carbocycles. The van der Waals surface area contributed by atoms with Crippen molar-refractivity contribution in [3.63, 3.8) is 0 Å². The van der Waals surface area contributed by atoms with Crippen molar-refractivity contribution in [2.45, 2.75) is 54.1 Å². The minimum atomic E-state index is 0.384. The summed E-state index contributed by atoms with van der Waals surface area (Å²) in [7, 11) is 1.72. The highest BCUT2D eigenvalue weighted by molar-refractivity contribution is 5.73. The van der Waals surface area contributed by atoms with E-state index in [0.717, 1.165) is 52.6 Å². The molecule has 0 radical (unpaired) electrons. The second-order valence-electron chi connectivity index (χ2n) is 7.54. The molecule has 164 valence electrons. The molecule has 0 saturated heterocycles. The van der Waals surface area contributed by atoms with Gasteiger partial charge in [-0.15, -0.1) is 0 Å². The summed E-state index contributed by atoms with van der Waals surface area (Å²) in [6.07, 6.45) is 1.93. The van der Waals surface area contributed by atoms with Gasteiger partial charge in [0.2, 0.25) is 0 Å². The Kier molecular flexibility index (Phi) is 7.56. The lowest BCUT2D eigenvalue weighted by atomic mass is 9.91. The largest absolute Gasteiger partial charge is 0.496 e. The van der Waals surface area contributed by atoms with Crippen molar-refractivity contribution in [1.29, 1.82) is 0 Å². The molecule has 3 aromatic rings. The number of pyridine rings is 1. The molecule has 0 unspecified atom stereocenters. The van der Waals surface area contributed by atoms with Crippen molar-refractivity contribution in [2.75, 3.05) is 13.7 Å². The first-order valence-corrected chi connectivity index (χ1v) is 11.0. The molecule has 1 aromatic heterocycles. The van der Waals surface area contributed by atoms with E-state index in [-0.39, 0.29) is 0 Å². The van der Waals surface area contributed by atoms with Crippen LogP contribution in [0.2, 0.25) is 0 Å². The van der Waals surface area contributed by atoms with Crippen LogP contribution >= 0.6 is 0 Å². The summed E-state index contributed by atoms with van der Waals surface area (Å²) >= 11 is 0. The van der Waals surface area contributed by atoms with Gasteiger partial charge >= 0.3 is 0 Å². The van der Waals surface area contributed by atoms with E-state index in [1.165, 1.54) is 16.7 Å². The maximum Gasteiger partial charge on any atom is 0.132 e. The number of nitrogens with zero attached hydrogens (tertiary/aromatic N) is 1. The molecule has 0 aliphatic heterocycles. The summed E-state index contributed by atoms with van der Waals surface area (Å²) in [5.41, 5.74) is 7.81. The van der Waals surface area contributed by atoms with E-state index in [9.17, 15) is 0 Å². The number of hydrogen-bond acceptors (Lipinski definition) is 4. The lowest BCUT2D eigenvalue weighted by Gasteiger charge is -2.20. The molecule has 4 heteroatoms. The van der Waals surface area contributed by atoms with Crippen LogP contribution in [-0.2, 0) is 19.4 Å². The van der Waals surface area contributed by atoms with E-state index in [1.54, 1.807) is 7.11 Å². The summed E-state index contributed by atoms with van der Waals surface area (Å²) < 4.78 is 17.5. The van der Waals surface area contributed by atoms with Crippen LogP contribution in [-0.4, -0.2) is 18.7 Å². The van der Waals surface area contributed by atoms with Gasteiger partial charge in [0.05, 0.1) is 25.0 Å². The molecule has 1 heterocycles. The van der Waals surface area contributed by atoms with Gasteiger partial charge < -0.3 is 14.2 Å². The molecule has 0 atom stereocenters. The number of aryl methyl sites for hydroxylation is 3. The number of benzene rings is 2. The van der Waals surface area contributed by atoms with Crippen molar-refractivity contribution in [1.82, 2.24) is 4.98 Å². The van der Waals surface area contributed by atoms with Crippen LogP contribution in [0.4, 0.5) is 0 Å². The van der Waals surface area contributed by atoms with Gasteiger partial charge in [-0.3, -0.25) is 4.98 Å². The Morgan fingerprint density at radius 1 is 0.839 bits per heavy atom. The number of hydrogen-bond donors (Lipinski definition) is 0. The van der Waals surface area contributed by atoms with Crippen LogP contribution in [0.5, 0.6) is 17.2 Å². The van der Waals surface area contributed by atoms with Crippen molar-refractivity contribution in [3.8, 4) is 28.5 Å². The Bertz CT molecular complexity index is 1020. The fourth-order valence-electron chi connectivity index (χ4n) is 4.03. The first-order chi connectivity index (χ1) is 15.0. The van der Waals surface area contributed by atoms with E-state index >= 15 is 0 Å². The summed E-state index contributed by atoms with van der Waals surface area (Å²) in [4.78, 5) is 5.04. The first kappa shape index (κ1) is 22.7. The van der Waals surface area contributed by atoms with Gasteiger partial charge in [-0.05, 0) is 56.9 Å². The number of aromatic nitrogens is 1. The van der Waals surface area contributed by atoms with Gasteiger partial charge in [-0.2, -0.15) is 0 Å². The Morgan fingerprint density at radius 2 is 1.45 bits per heavy atom. The summed E-state index contributed by atoms with van der Waals surface area (Å²) in [5.74, 6) is 2.41. The molecule has 0 aliphatic rings. The highest BCUT2D eigenvalue weighted by atomic mass is 16.5. The van der Waals surface area contributed by atoms with Crippen LogP contribution < -0.4 is 14.2 Å². The maximum atomic E-state index is 6.09. The van der Waals surface area contributed by atoms with Crippen LogP contribution in [0.3, 0.4) is 0 Å². The number of rotatable bonds is 9. The predicted molar refractivity (Wildman–Crippen MR) is 126 cm³/mol. The Hall–Kier alpha value is -3.01. The van der Waals surface area contributed by atoms with Crippen LogP contribution in [0.15, 0.2) is 42.5 Å². The van der Waals surface area contributed by atoms with Crippen molar-refractivity contribution < 1.29 is 14.2 Å². The van der Waals surface area contributed by atoms with Crippen LogP contribution in [0, 0.1) is 13.8 Å². The zero-order valence-corrected chi connectivity index (χ0v) is 19.5. The van der Waals surface area contributed by atoms with Gasteiger partial charge in [-0.1, -0.05) is 38.1 Å². The molecule has 0 N–H and O–H groups in total. The topological polar surface area (TPSA) is 40.6 Å². The van der Waals surface area contributed by atoms with Crippen LogP contribution in [0.1, 0.15) is 48.7 Å². The highest BCUT2D eigenvalue weighted by Crippen LogP contribution is 2.37. The molecule has 0 fully saturated rings. The number of ether oxygens (including phenoxy) is 3. The molecular weight excluding hydrogens is 386 g/mol. The van der Waals surface area contributed by atoms with Crippen molar-refractivity contribution in [3.05, 3.63) is 70.4 Å². The third-order valence-electron chi connectivity index (χ3n) is 5.63. The smallest absolute Gasteiger partial charge is 0.132 e. The normalized spacial score (nSPS) is 10.8. The SMILES string of the molecule is CCOc1cccc(OCc2c(C)nc(-c3c(CC)cccc3CC)c(C)c2OC)c1. The zero-order chi connectivity index (χ0) is 22.4. The van der Waals surface area contributed by atoms with Crippen molar-refractivity contribution in [2.24, 2.45) is 0 Å². The fraction of sp³-hybridized carbons (Fsp3) is 0.370. The minimum absolute atomic E-state index is 0.384. The van der Waals surface area contributed by atoms with E-state index in [2.05, 4.69) is 39.0 Å². The molecule has 0 amide bonds. The third kappa shape index (κ3) is 4.84.